The van der Waals surface area contributed by atoms with Gasteiger partial charge in [0.1, 0.15) is 11.6 Å². The first-order chi connectivity index (χ1) is 20.1. The van der Waals surface area contributed by atoms with Crippen LogP contribution < -0.4 is 9.62 Å². The van der Waals surface area contributed by atoms with E-state index < -0.39 is 21.9 Å². The zero-order valence-corrected chi connectivity index (χ0v) is 25.1. The Kier molecular flexibility index (Phi) is 7.87. The molecule has 3 atom stereocenters. The van der Waals surface area contributed by atoms with Crippen LogP contribution in [0.2, 0.25) is 10.0 Å². The number of fused-ring (bicyclic) bond motifs is 1. The molecule has 3 aromatic carbocycles. The normalized spacial score (nSPS) is 19.8. The fourth-order valence-corrected chi connectivity index (χ4v) is 7.36. The summed E-state index contributed by atoms with van der Waals surface area (Å²) in [6.45, 7) is 0.273. The summed E-state index contributed by atoms with van der Waals surface area (Å²) in [6, 6.07) is 16.3. The Bertz CT molecular complexity index is 1760. The van der Waals surface area contributed by atoms with Crippen molar-refractivity contribution in [3.05, 3.63) is 111 Å². The lowest BCUT2D eigenvalue weighted by atomic mass is 9.87. The highest BCUT2D eigenvalue weighted by atomic mass is 35.5. The van der Waals surface area contributed by atoms with Gasteiger partial charge < -0.3 is 9.47 Å². The maximum atomic E-state index is 14.0. The SMILES string of the molecule is Cn1ccnc1CN(C(=O)[C@H]1C[C@@H]1c1ccc(Cl)cc1)c1ccc2c(c1)[C@@H](NS(=O)(=O)c1ccc(F)c(Cl)c1)CCC2. The lowest BCUT2D eigenvalue weighted by Gasteiger charge is -2.29. The molecule has 1 aromatic heterocycles. The van der Waals surface area contributed by atoms with Crippen LogP contribution in [0.5, 0.6) is 0 Å². The maximum absolute atomic E-state index is 14.0. The van der Waals surface area contributed by atoms with Crippen molar-refractivity contribution in [1.29, 1.82) is 0 Å². The van der Waals surface area contributed by atoms with Crippen molar-refractivity contribution in [3.63, 3.8) is 0 Å². The molecule has 2 aliphatic carbocycles. The van der Waals surface area contributed by atoms with Crippen molar-refractivity contribution < 1.29 is 17.6 Å². The number of anilines is 1. The van der Waals surface area contributed by atoms with Gasteiger partial charge in [-0.3, -0.25) is 4.79 Å². The molecule has 2 aliphatic rings. The first-order valence-corrected chi connectivity index (χ1v) is 16.0. The highest BCUT2D eigenvalue weighted by Gasteiger charge is 2.46. The third-order valence-corrected chi connectivity index (χ3v) is 10.2. The highest BCUT2D eigenvalue weighted by molar-refractivity contribution is 7.89. The van der Waals surface area contributed by atoms with Gasteiger partial charge >= 0.3 is 0 Å². The molecule has 4 aromatic rings. The first-order valence-electron chi connectivity index (χ1n) is 13.7. The second kappa shape index (κ2) is 11.4. The van der Waals surface area contributed by atoms with Crippen LogP contribution in [0.3, 0.4) is 0 Å². The number of hydrogen-bond acceptors (Lipinski definition) is 4. The molecule has 1 N–H and O–H groups in total. The van der Waals surface area contributed by atoms with Crippen LogP contribution in [-0.4, -0.2) is 23.9 Å². The maximum Gasteiger partial charge on any atom is 0.241 e. The van der Waals surface area contributed by atoms with Crippen LogP contribution in [0.1, 0.15) is 53.7 Å². The van der Waals surface area contributed by atoms with Gasteiger partial charge in [0.25, 0.3) is 0 Å². The first kappa shape index (κ1) is 28.9. The molecule has 0 aliphatic heterocycles. The van der Waals surface area contributed by atoms with E-state index in [9.17, 15) is 17.6 Å². The minimum atomic E-state index is -3.99. The Morgan fingerprint density at radius 2 is 1.90 bits per heavy atom. The molecule has 1 heterocycles. The number of aryl methyl sites for hydroxylation is 2. The van der Waals surface area contributed by atoms with Gasteiger partial charge in [0.15, 0.2) is 0 Å². The van der Waals surface area contributed by atoms with Crippen LogP contribution in [0, 0.1) is 11.7 Å². The number of nitrogens with zero attached hydrogens (tertiary/aromatic N) is 3. The summed E-state index contributed by atoms with van der Waals surface area (Å²) in [4.78, 5) is 20.1. The van der Waals surface area contributed by atoms with Gasteiger partial charge in [-0.1, -0.05) is 41.4 Å². The van der Waals surface area contributed by atoms with E-state index in [-0.39, 0.29) is 34.2 Å². The van der Waals surface area contributed by atoms with Crippen LogP contribution in [0.15, 0.2) is 78.0 Å². The number of hydrogen-bond donors (Lipinski definition) is 1. The lowest BCUT2D eigenvalue weighted by molar-refractivity contribution is -0.120. The minimum Gasteiger partial charge on any atom is -0.337 e. The van der Waals surface area contributed by atoms with Crippen molar-refractivity contribution >= 4 is 44.8 Å². The molecule has 0 radical (unpaired) electrons. The minimum absolute atomic E-state index is 0.00760. The third kappa shape index (κ3) is 5.83. The van der Waals surface area contributed by atoms with E-state index in [1.807, 2.05) is 60.3 Å². The smallest absolute Gasteiger partial charge is 0.241 e. The van der Waals surface area contributed by atoms with E-state index in [1.165, 1.54) is 6.07 Å². The molecule has 0 spiro atoms. The Morgan fingerprint density at radius 3 is 2.62 bits per heavy atom. The average molecular weight is 628 g/mol. The molecular weight excluding hydrogens is 598 g/mol. The van der Waals surface area contributed by atoms with Gasteiger partial charge in [-0.15, -0.1) is 0 Å². The number of rotatable bonds is 8. The van der Waals surface area contributed by atoms with Gasteiger partial charge in [-0.25, -0.2) is 22.5 Å². The summed E-state index contributed by atoms with van der Waals surface area (Å²) in [5.41, 5.74) is 3.60. The van der Waals surface area contributed by atoms with Crippen molar-refractivity contribution in [2.24, 2.45) is 13.0 Å². The quantitative estimate of drug-likeness (QED) is 0.240. The number of benzene rings is 3. The number of carbonyl (C=O) groups is 1. The molecule has 11 heteroatoms. The number of sulfonamides is 1. The van der Waals surface area contributed by atoms with Crippen molar-refractivity contribution in [1.82, 2.24) is 14.3 Å². The zero-order valence-electron chi connectivity index (χ0n) is 22.8. The van der Waals surface area contributed by atoms with Crippen LogP contribution in [0.25, 0.3) is 0 Å². The van der Waals surface area contributed by atoms with Crippen molar-refractivity contribution in [2.75, 3.05) is 4.90 Å². The van der Waals surface area contributed by atoms with Gasteiger partial charge in [-0.05, 0) is 90.8 Å². The number of imidazole rings is 1. The lowest BCUT2D eigenvalue weighted by Crippen LogP contribution is -2.34. The standard InChI is InChI=1S/C31H29Cl2FN4O3S/c1-37-14-13-35-30(37)18-38(31(39)26-17-24(26)20-5-8-21(32)9-6-20)22-10-7-19-3-2-4-29(25(19)15-22)36-42(40,41)23-11-12-28(34)27(33)16-23/h5-16,24,26,29,36H,2-4,17-18H2,1H3/t24-,26+,29+/m1/s1. The molecule has 1 fully saturated rings. The Balaban J connectivity index is 1.31. The largest absolute Gasteiger partial charge is 0.337 e. The Labute approximate surface area is 254 Å². The van der Waals surface area contributed by atoms with E-state index in [4.69, 9.17) is 23.2 Å². The second-order valence-electron chi connectivity index (χ2n) is 10.9. The molecular formula is C31H29Cl2FN4O3S. The number of amides is 1. The summed E-state index contributed by atoms with van der Waals surface area (Å²) < 4.78 is 44.9. The predicted octanol–water partition coefficient (Wildman–Crippen LogP) is 6.56. The summed E-state index contributed by atoms with van der Waals surface area (Å²) >= 11 is 11.9. The average Bonchev–Trinajstić information content (AvgIpc) is 3.67. The van der Waals surface area contributed by atoms with Crippen molar-refractivity contribution in [3.8, 4) is 0 Å². The summed E-state index contributed by atoms with van der Waals surface area (Å²) in [7, 11) is -2.10. The topological polar surface area (TPSA) is 84.3 Å². The highest BCUT2D eigenvalue weighted by Crippen LogP contribution is 2.49. The number of aromatic nitrogens is 2. The van der Waals surface area contributed by atoms with Crippen LogP contribution >= 0.6 is 23.2 Å². The van der Waals surface area contributed by atoms with Gasteiger partial charge in [-0.2, -0.15) is 0 Å². The van der Waals surface area contributed by atoms with E-state index >= 15 is 0 Å². The molecule has 1 amide bonds. The monoisotopic (exact) mass is 626 g/mol. The fraction of sp³-hybridized carbons (Fsp3) is 0.290. The van der Waals surface area contributed by atoms with E-state index in [0.29, 0.717) is 17.1 Å². The van der Waals surface area contributed by atoms with Gasteiger partial charge in [0, 0.05) is 42.1 Å². The Morgan fingerprint density at radius 1 is 1.12 bits per heavy atom. The van der Waals surface area contributed by atoms with Gasteiger partial charge in [0.05, 0.1) is 16.5 Å². The molecule has 6 rings (SSSR count). The van der Waals surface area contributed by atoms with E-state index in [0.717, 1.165) is 53.9 Å². The van der Waals surface area contributed by atoms with E-state index in [1.54, 1.807) is 11.1 Å². The zero-order chi connectivity index (χ0) is 29.6. The molecule has 218 valence electrons. The summed E-state index contributed by atoms with van der Waals surface area (Å²) in [5, 5.41) is 0.394. The van der Waals surface area contributed by atoms with Crippen LogP contribution in [0.4, 0.5) is 10.1 Å². The Hall–Kier alpha value is -3.24. The van der Waals surface area contributed by atoms with Gasteiger partial charge in [0.2, 0.25) is 15.9 Å². The molecule has 0 bridgehead atoms. The second-order valence-corrected chi connectivity index (χ2v) is 13.5. The number of nitrogens with one attached hydrogen (secondary N) is 1. The molecule has 7 nitrogen and oxygen atoms in total. The summed E-state index contributed by atoms with van der Waals surface area (Å²) in [5.74, 6) is -0.0324. The fourth-order valence-electron chi connectivity index (χ4n) is 5.71. The van der Waals surface area contributed by atoms with Crippen molar-refractivity contribution in [2.45, 2.75) is 49.1 Å². The molecule has 42 heavy (non-hydrogen) atoms. The third-order valence-electron chi connectivity index (χ3n) is 8.15. The van der Waals surface area contributed by atoms with E-state index in [2.05, 4.69) is 9.71 Å². The molecule has 0 saturated heterocycles. The molecule has 1 saturated carbocycles. The predicted molar refractivity (Wildman–Crippen MR) is 161 cm³/mol. The summed E-state index contributed by atoms with van der Waals surface area (Å²) in [6.07, 6.45) is 6.45. The number of halogens is 3. The van der Waals surface area contributed by atoms with Crippen LogP contribution in [-0.2, 0) is 34.8 Å². The molecule has 0 unspecified atom stereocenters. The number of carbonyl (C=O) groups excluding carboxylic acids is 1.